The van der Waals surface area contributed by atoms with E-state index in [4.69, 9.17) is 9.47 Å². The number of nitro groups is 1. The molecule has 1 N–H and O–H groups in total. The molecule has 3 aromatic rings. The first-order valence-corrected chi connectivity index (χ1v) is 8.64. The van der Waals surface area contributed by atoms with E-state index in [1.165, 1.54) is 23.5 Å². The van der Waals surface area contributed by atoms with Gasteiger partial charge in [0, 0.05) is 29.6 Å². The van der Waals surface area contributed by atoms with Gasteiger partial charge in [-0.1, -0.05) is 18.2 Å². The van der Waals surface area contributed by atoms with Crippen LogP contribution in [-0.2, 0) is 6.54 Å². The van der Waals surface area contributed by atoms with Gasteiger partial charge in [-0.05, 0) is 17.7 Å². The van der Waals surface area contributed by atoms with Crippen LogP contribution < -0.4 is 14.8 Å². The molecule has 2 aromatic carbocycles. The number of non-ortho nitro benzene ring substituents is 1. The molecule has 0 bridgehead atoms. The molecule has 0 atom stereocenters. The molecule has 0 aliphatic carbocycles. The summed E-state index contributed by atoms with van der Waals surface area (Å²) in [5.41, 5.74) is 2.49. The van der Waals surface area contributed by atoms with Crippen molar-refractivity contribution in [2.45, 2.75) is 6.54 Å². The predicted molar refractivity (Wildman–Crippen MR) is 101 cm³/mol. The minimum Gasteiger partial charge on any atom is -0.493 e. The number of nitrogens with zero attached hydrogens (tertiary/aromatic N) is 2. The highest BCUT2D eigenvalue weighted by atomic mass is 32.1. The molecule has 1 heterocycles. The largest absolute Gasteiger partial charge is 0.493 e. The van der Waals surface area contributed by atoms with Gasteiger partial charge in [0.15, 0.2) is 16.6 Å². The topological polar surface area (TPSA) is 86.5 Å². The van der Waals surface area contributed by atoms with Crippen LogP contribution in [0.25, 0.3) is 11.3 Å². The number of hydrogen-bond acceptors (Lipinski definition) is 7. The molecule has 0 fully saturated rings. The second kappa shape index (κ2) is 7.83. The van der Waals surface area contributed by atoms with Crippen molar-refractivity contribution < 1.29 is 14.4 Å². The molecule has 134 valence electrons. The van der Waals surface area contributed by atoms with E-state index in [0.29, 0.717) is 23.7 Å². The van der Waals surface area contributed by atoms with E-state index in [9.17, 15) is 10.1 Å². The SMILES string of the molecule is COc1ccc(CNc2nc(-c3cccc([N+](=O)[O-])c3)cs2)cc1OC. The summed E-state index contributed by atoms with van der Waals surface area (Å²) in [5, 5.41) is 16.8. The van der Waals surface area contributed by atoms with Crippen LogP contribution in [-0.4, -0.2) is 24.1 Å². The molecule has 0 saturated heterocycles. The van der Waals surface area contributed by atoms with Crippen LogP contribution in [0, 0.1) is 10.1 Å². The number of methoxy groups -OCH3 is 2. The smallest absolute Gasteiger partial charge is 0.270 e. The van der Waals surface area contributed by atoms with E-state index in [1.54, 1.807) is 26.4 Å². The van der Waals surface area contributed by atoms with Gasteiger partial charge < -0.3 is 14.8 Å². The third kappa shape index (κ3) is 3.92. The average molecular weight is 371 g/mol. The third-order valence-corrected chi connectivity index (χ3v) is 4.55. The Morgan fingerprint density at radius 3 is 2.69 bits per heavy atom. The van der Waals surface area contributed by atoms with Gasteiger partial charge in [0.25, 0.3) is 5.69 Å². The lowest BCUT2D eigenvalue weighted by atomic mass is 10.1. The van der Waals surface area contributed by atoms with Crippen molar-refractivity contribution in [1.82, 2.24) is 4.98 Å². The number of nitrogens with one attached hydrogen (secondary N) is 1. The van der Waals surface area contributed by atoms with Gasteiger partial charge >= 0.3 is 0 Å². The summed E-state index contributed by atoms with van der Waals surface area (Å²) in [5.74, 6) is 1.35. The Kier molecular flexibility index (Phi) is 5.33. The highest BCUT2D eigenvalue weighted by Gasteiger charge is 2.10. The summed E-state index contributed by atoms with van der Waals surface area (Å²) in [7, 11) is 3.20. The summed E-state index contributed by atoms with van der Waals surface area (Å²) >= 11 is 1.45. The molecule has 0 aliphatic heterocycles. The Hall–Kier alpha value is -3.13. The first-order valence-electron chi connectivity index (χ1n) is 7.76. The van der Waals surface area contributed by atoms with Gasteiger partial charge in [-0.3, -0.25) is 10.1 Å². The second-order valence-electron chi connectivity index (χ2n) is 5.39. The summed E-state index contributed by atoms with van der Waals surface area (Å²) in [6, 6.07) is 12.2. The van der Waals surface area contributed by atoms with E-state index in [2.05, 4.69) is 10.3 Å². The Balaban J connectivity index is 1.71. The van der Waals surface area contributed by atoms with Gasteiger partial charge in [0.2, 0.25) is 0 Å². The number of rotatable bonds is 7. The van der Waals surface area contributed by atoms with Crippen molar-refractivity contribution in [2.24, 2.45) is 0 Å². The van der Waals surface area contributed by atoms with Crippen LogP contribution in [0.3, 0.4) is 0 Å². The van der Waals surface area contributed by atoms with E-state index in [-0.39, 0.29) is 5.69 Å². The zero-order chi connectivity index (χ0) is 18.5. The highest BCUT2D eigenvalue weighted by molar-refractivity contribution is 7.14. The fraction of sp³-hybridized carbons (Fsp3) is 0.167. The fourth-order valence-corrected chi connectivity index (χ4v) is 3.15. The van der Waals surface area contributed by atoms with Gasteiger partial charge in [-0.15, -0.1) is 11.3 Å². The second-order valence-corrected chi connectivity index (χ2v) is 6.25. The molecule has 0 saturated carbocycles. The van der Waals surface area contributed by atoms with E-state index in [1.807, 2.05) is 23.6 Å². The van der Waals surface area contributed by atoms with Crippen molar-refractivity contribution in [3.63, 3.8) is 0 Å². The average Bonchev–Trinajstić information content (AvgIpc) is 3.15. The highest BCUT2D eigenvalue weighted by Crippen LogP contribution is 2.29. The summed E-state index contributed by atoms with van der Waals surface area (Å²) < 4.78 is 10.5. The minimum absolute atomic E-state index is 0.0512. The molecule has 0 amide bonds. The number of thiazole rings is 1. The van der Waals surface area contributed by atoms with Crippen molar-refractivity contribution in [3.8, 4) is 22.8 Å². The van der Waals surface area contributed by atoms with Gasteiger partial charge in [0.05, 0.1) is 24.8 Å². The van der Waals surface area contributed by atoms with Crippen LogP contribution in [0.5, 0.6) is 11.5 Å². The molecule has 7 nitrogen and oxygen atoms in total. The Morgan fingerprint density at radius 1 is 1.15 bits per heavy atom. The molecule has 0 radical (unpaired) electrons. The Bertz CT molecular complexity index is 926. The zero-order valence-electron chi connectivity index (χ0n) is 14.3. The van der Waals surface area contributed by atoms with Gasteiger partial charge in [-0.2, -0.15) is 0 Å². The van der Waals surface area contributed by atoms with Gasteiger partial charge in [-0.25, -0.2) is 4.98 Å². The number of hydrogen-bond donors (Lipinski definition) is 1. The quantitative estimate of drug-likeness (QED) is 0.491. The lowest BCUT2D eigenvalue weighted by Crippen LogP contribution is -2.00. The Morgan fingerprint density at radius 2 is 1.96 bits per heavy atom. The molecule has 0 spiro atoms. The van der Waals surface area contributed by atoms with Crippen molar-refractivity contribution in [3.05, 3.63) is 63.5 Å². The van der Waals surface area contributed by atoms with Crippen LogP contribution in [0.2, 0.25) is 0 Å². The van der Waals surface area contributed by atoms with Crippen LogP contribution in [0.4, 0.5) is 10.8 Å². The van der Waals surface area contributed by atoms with Gasteiger partial charge in [0.1, 0.15) is 0 Å². The maximum Gasteiger partial charge on any atom is 0.270 e. The van der Waals surface area contributed by atoms with Crippen molar-refractivity contribution in [1.29, 1.82) is 0 Å². The standard InChI is InChI=1S/C18H17N3O4S/c1-24-16-7-6-12(8-17(16)25-2)10-19-18-20-15(11-26-18)13-4-3-5-14(9-13)21(22)23/h3-9,11H,10H2,1-2H3,(H,19,20). The maximum absolute atomic E-state index is 10.9. The fourth-order valence-electron chi connectivity index (χ4n) is 2.43. The van der Waals surface area contributed by atoms with Crippen LogP contribution in [0.1, 0.15) is 5.56 Å². The lowest BCUT2D eigenvalue weighted by molar-refractivity contribution is -0.384. The molecular weight excluding hydrogens is 354 g/mol. The number of anilines is 1. The molecule has 0 unspecified atom stereocenters. The molecule has 3 rings (SSSR count). The maximum atomic E-state index is 10.9. The summed E-state index contributed by atoms with van der Waals surface area (Å²) in [6.07, 6.45) is 0. The van der Waals surface area contributed by atoms with Crippen LogP contribution in [0.15, 0.2) is 47.8 Å². The molecule has 8 heteroatoms. The molecule has 0 aliphatic rings. The first kappa shape index (κ1) is 17.7. The summed E-state index contributed by atoms with van der Waals surface area (Å²) in [6.45, 7) is 0.572. The minimum atomic E-state index is -0.411. The molecule has 1 aromatic heterocycles. The number of ether oxygens (including phenoxy) is 2. The monoisotopic (exact) mass is 371 g/mol. The third-order valence-electron chi connectivity index (χ3n) is 3.75. The van der Waals surface area contributed by atoms with E-state index < -0.39 is 4.92 Å². The number of benzene rings is 2. The van der Waals surface area contributed by atoms with E-state index >= 15 is 0 Å². The normalized spacial score (nSPS) is 10.4. The zero-order valence-corrected chi connectivity index (χ0v) is 15.1. The number of nitro benzene ring substituents is 1. The number of aromatic nitrogens is 1. The lowest BCUT2D eigenvalue weighted by Gasteiger charge is -2.09. The van der Waals surface area contributed by atoms with Crippen LogP contribution >= 0.6 is 11.3 Å². The van der Waals surface area contributed by atoms with E-state index in [0.717, 1.165) is 16.3 Å². The van der Waals surface area contributed by atoms with Crippen molar-refractivity contribution in [2.75, 3.05) is 19.5 Å². The Labute approximate surface area is 154 Å². The summed E-state index contributed by atoms with van der Waals surface area (Å²) in [4.78, 5) is 15.0. The first-order chi connectivity index (χ1) is 12.6. The molecular formula is C18H17N3O4S. The molecule has 26 heavy (non-hydrogen) atoms. The predicted octanol–water partition coefficient (Wildman–Crippen LogP) is 4.35. The van der Waals surface area contributed by atoms with Crippen molar-refractivity contribution >= 4 is 22.2 Å².